The van der Waals surface area contributed by atoms with Gasteiger partial charge in [0.2, 0.25) is 0 Å². The summed E-state index contributed by atoms with van der Waals surface area (Å²) in [5.74, 6) is 9.40. The Kier molecular flexibility index (Phi) is 31.9. The molecule has 0 saturated carbocycles. The summed E-state index contributed by atoms with van der Waals surface area (Å²) in [7, 11) is -8.12. The summed E-state index contributed by atoms with van der Waals surface area (Å²) in [6, 6.07) is 81.8. The van der Waals surface area contributed by atoms with Crippen LogP contribution in [0.5, 0.6) is 0 Å². The van der Waals surface area contributed by atoms with E-state index in [2.05, 4.69) is 163 Å². The van der Waals surface area contributed by atoms with Crippen molar-refractivity contribution < 1.29 is 21.0 Å². The lowest BCUT2D eigenvalue weighted by molar-refractivity contribution is 0.595. The lowest BCUT2D eigenvalue weighted by Gasteiger charge is -2.08. The number of unbranched alkanes of at least 4 members (excludes halogenated alkanes) is 6. The predicted octanol–water partition coefficient (Wildman–Crippen LogP) is 30.3. The zero-order valence-electron chi connectivity index (χ0n) is 74.2. The summed E-state index contributed by atoms with van der Waals surface area (Å²) in [6.45, 7) is 6.31. The Hall–Kier alpha value is -10.4. The number of anilines is 5. The van der Waals surface area contributed by atoms with Crippen LogP contribution in [0.1, 0.15) is 78.6 Å². The molecule has 4 unspecified atom stereocenters. The van der Waals surface area contributed by atoms with E-state index in [1.54, 1.807) is 74.3 Å². The summed E-state index contributed by atoms with van der Waals surface area (Å²) in [5.41, 5.74) is 50.5. The van der Waals surface area contributed by atoms with Crippen molar-refractivity contribution in [1.82, 2.24) is 24.9 Å². The van der Waals surface area contributed by atoms with Crippen molar-refractivity contribution >= 4 is 256 Å². The lowest BCUT2D eigenvalue weighted by Crippen LogP contribution is -2.06. The topological polar surface area (TPSA) is 280 Å². The minimum atomic E-state index is -3.42. The number of aromatic nitrogens is 5. The van der Waals surface area contributed by atoms with Gasteiger partial charge in [0.05, 0.1) is 113 Å². The molecule has 0 fully saturated rings. The second kappa shape index (κ2) is 44.2. The average molecular weight is 2050 g/mol. The Labute approximate surface area is 829 Å². The van der Waals surface area contributed by atoms with E-state index in [0.29, 0.717) is 49.7 Å². The molecular weight excluding hydrogens is 1950 g/mol. The minimum Gasteiger partial charge on any atom is -0.397 e. The van der Waals surface area contributed by atoms with Crippen molar-refractivity contribution in [2.75, 3.05) is 58.4 Å². The molecule has 20 aromatic rings. The summed E-state index contributed by atoms with van der Waals surface area (Å²) in [5, 5.41) is 14.7. The fourth-order valence-electron chi connectivity index (χ4n) is 15.4. The van der Waals surface area contributed by atoms with Gasteiger partial charge in [-0.25, -0.2) is 33.3 Å². The van der Waals surface area contributed by atoms with Crippen LogP contribution in [0.3, 0.4) is 0 Å². The normalized spacial score (nSPS) is 12.6. The third-order valence-electron chi connectivity index (χ3n) is 21.9. The van der Waals surface area contributed by atoms with Crippen LogP contribution in [-0.2, 0) is 41.0 Å². The number of pyridine rings is 5. The Morgan fingerprint density at radius 3 is 0.851 bits per heavy atom. The summed E-state index contributed by atoms with van der Waals surface area (Å²) >= 11 is 15.5. The van der Waals surface area contributed by atoms with E-state index in [1.165, 1.54) is 68.6 Å². The Morgan fingerprint density at radius 2 is 0.575 bits per heavy atom. The molecule has 4 atom stereocenters. The van der Waals surface area contributed by atoms with Crippen LogP contribution in [0.4, 0.5) is 28.4 Å². The quantitative estimate of drug-likeness (QED) is 0.0236. The van der Waals surface area contributed by atoms with Gasteiger partial charge >= 0.3 is 0 Å². The van der Waals surface area contributed by atoms with Crippen LogP contribution in [-0.4, -0.2) is 87.5 Å². The number of hydrogen-bond acceptors (Lipinski definition) is 25. The molecule has 15 aromatic heterocycles. The number of sulfone groups is 1. The molecule has 0 aliphatic rings. The van der Waals surface area contributed by atoms with Gasteiger partial charge in [0.1, 0.15) is 41.0 Å². The molecule has 30 heteroatoms. The van der Waals surface area contributed by atoms with Gasteiger partial charge in [-0.2, -0.15) is 10.5 Å². The van der Waals surface area contributed by atoms with Crippen LogP contribution >= 0.6 is 124 Å². The molecule has 0 aliphatic carbocycles. The Balaban J connectivity index is 0.000000122. The van der Waals surface area contributed by atoms with E-state index in [-0.39, 0.29) is 20.4 Å². The number of rotatable bonds is 27. The molecule has 15 nitrogen and oxygen atoms in total. The second-order valence-electron chi connectivity index (χ2n) is 31.6. The first kappa shape index (κ1) is 96.7. The van der Waals surface area contributed by atoms with Gasteiger partial charge in [0, 0.05) is 54.2 Å². The fraction of sp³-hybridized carbons (Fsp3) is 0.163. The van der Waals surface area contributed by atoms with Gasteiger partial charge in [-0.15, -0.1) is 113 Å². The molecule has 0 saturated heterocycles. The molecule has 0 spiro atoms. The van der Waals surface area contributed by atoms with Crippen LogP contribution in [0.25, 0.3) is 160 Å². The molecule has 20 rings (SSSR count). The highest BCUT2D eigenvalue weighted by atomic mass is 32.2. The van der Waals surface area contributed by atoms with Crippen LogP contribution < -0.4 is 28.7 Å². The predicted molar refractivity (Wildman–Crippen MR) is 595 cm³/mol. The zero-order chi connectivity index (χ0) is 93.7. The van der Waals surface area contributed by atoms with Gasteiger partial charge in [0.25, 0.3) is 0 Å². The molecule has 684 valence electrons. The number of benzene rings is 5. The van der Waals surface area contributed by atoms with Gasteiger partial charge < -0.3 is 28.7 Å². The molecule has 0 aliphatic heterocycles. The SMILES string of the molecule is C=S(C)(=O)c1sc2nc(-c3cccs3)cc(-c3ccccc3)c2c1N.C=S(C)c1sc2nc(-c3cccs3)cc(-c3ccccc3)c2c1N.CCCCCCS(=O)c1sc2nc(-c3cccs3)cc(-c3ccccc3)c2c1N.CCCCCS(=O)c1sc2nc(-c3cccs3)cc(-c3ccccc3)c2c1N.CCCCS(=O)(=O)c1sc2nc(-c3cccs3)cc(-c3ccccc3)c2c1N. The molecule has 15 heterocycles. The first-order valence-electron chi connectivity index (χ1n) is 43.4. The van der Waals surface area contributed by atoms with Gasteiger partial charge in [-0.05, 0) is 175 Å². The number of fused-ring (bicyclic) bond motifs is 5. The Bertz CT molecular complexity index is 7760. The maximum atomic E-state index is 13.0. The minimum absolute atomic E-state index is 0.110. The number of thiophene rings is 10. The second-order valence-corrected chi connectivity index (χ2v) is 51.8. The highest BCUT2D eigenvalue weighted by molar-refractivity contribution is 8.15. The van der Waals surface area contributed by atoms with Crippen LogP contribution in [0.2, 0.25) is 0 Å². The van der Waals surface area contributed by atoms with Crippen molar-refractivity contribution in [3.05, 3.63) is 270 Å². The summed E-state index contributed by atoms with van der Waals surface area (Å²) in [6.07, 6.45) is 12.8. The molecule has 0 amide bonds. The zero-order valence-corrected chi connectivity index (χ0v) is 86.4. The fourth-order valence-corrected chi connectivity index (χ4v) is 31.9. The monoisotopic (exact) mass is 2050 g/mol. The maximum Gasteiger partial charge on any atom is 0.189 e. The van der Waals surface area contributed by atoms with E-state index in [4.69, 9.17) is 53.6 Å². The first-order valence-corrected chi connectivity index (χ1v) is 60.1. The standard InChI is InChI=1S/C23H24N2OS3.C22H22N2OS3.C21H20N2O2S3.C19H16N2OS3.C19H16N2S3/c1-2-3-4-8-14-29(26)23-21(24)20-17(16-10-6-5-7-11-16)15-18(25-22(20)28-23)19-12-9-13-27-19;1-2-3-7-13-28(25)22-20(23)19-16(15-9-5-4-6-10-15)14-17(24-21(19)27-22)18-11-8-12-26-18;1-2-3-12-28(24,25)21-19(22)18-15(14-8-5-4-6-9-14)13-16(23-20(18)27-21)17-10-7-11-26-17;1-25(2,22)19-17(20)16-13(12-7-4-3-5-8-12)11-14(21-18(16)24-19)15-9-6-10-23-15;1-24(2)19-17(20)16-13(12-7-4-3-5-8-12)11-14(21-18(16)23-19)15-9-6-10-22-15/h5-7,9-13,15H,2-4,8,14,24H2,1H3;4-6,8-12,14H,2-3,7,13,23H2,1H3;4-11,13H,2-3,12,22H2,1H3;3-11H,1,20H2,2H3;3-11H,1,20H2,2H3. The van der Waals surface area contributed by atoms with Gasteiger partial charge in [-0.3, -0.25) is 12.6 Å². The van der Waals surface area contributed by atoms with Crippen molar-refractivity contribution in [2.24, 2.45) is 0 Å². The highest BCUT2D eigenvalue weighted by Crippen LogP contribution is 2.51. The van der Waals surface area contributed by atoms with E-state index in [1.807, 2.05) is 145 Å². The number of nitrogens with zero attached hydrogens (tertiary/aromatic N) is 5. The maximum absolute atomic E-state index is 13.0. The van der Waals surface area contributed by atoms with Crippen molar-refractivity contribution in [3.8, 4) is 108 Å². The third-order valence-corrected chi connectivity index (χ3v) is 41.9. The lowest BCUT2D eigenvalue weighted by atomic mass is 10.0. The van der Waals surface area contributed by atoms with E-state index in [0.717, 1.165) is 201 Å². The summed E-state index contributed by atoms with van der Waals surface area (Å²) < 4.78 is 67.6. The van der Waals surface area contributed by atoms with Crippen LogP contribution in [0, 0.1) is 0 Å². The van der Waals surface area contributed by atoms with E-state index < -0.39 is 41.0 Å². The first-order chi connectivity index (χ1) is 65.0. The van der Waals surface area contributed by atoms with Crippen molar-refractivity contribution in [2.45, 2.75) is 99.6 Å². The molecule has 10 N–H and O–H groups in total. The molecule has 134 heavy (non-hydrogen) atoms. The number of nitrogens with two attached hydrogens (primary N) is 5. The van der Waals surface area contributed by atoms with Crippen LogP contribution in [0.15, 0.2) is 291 Å². The summed E-state index contributed by atoms with van der Waals surface area (Å²) in [4.78, 5) is 34.0. The van der Waals surface area contributed by atoms with Crippen molar-refractivity contribution in [1.29, 1.82) is 0 Å². The molecular formula is C104H98N10O5S15. The Morgan fingerprint density at radius 1 is 0.321 bits per heavy atom. The highest BCUT2D eigenvalue weighted by Gasteiger charge is 2.29. The smallest absolute Gasteiger partial charge is 0.189 e. The van der Waals surface area contributed by atoms with Gasteiger partial charge in [-0.1, -0.05) is 247 Å². The average Bonchev–Trinajstić information content (AvgIpc) is 1.62. The molecule has 5 aromatic carbocycles. The van der Waals surface area contributed by atoms with E-state index >= 15 is 0 Å². The van der Waals surface area contributed by atoms with Gasteiger partial charge in [0.15, 0.2) is 9.84 Å². The van der Waals surface area contributed by atoms with E-state index in [9.17, 15) is 21.0 Å². The molecule has 0 radical (unpaired) electrons. The third kappa shape index (κ3) is 21.9. The largest absolute Gasteiger partial charge is 0.397 e. The number of hydrogen-bond donors (Lipinski definition) is 5. The number of nitrogen functional groups attached to an aromatic ring is 5. The van der Waals surface area contributed by atoms with Crippen molar-refractivity contribution in [3.63, 3.8) is 0 Å². The molecule has 0 bridgehead atoms.